The molecule has 1 heterocycles. The highest BCUT2D eigenvalue weighted by Crippen LogP contribution is 2.21. The summed E-state index contributed by atoms with van der Waals surface area (Å²) < 4.78 is 0. The minimum atomic E-state index is 0.496. The molecule has 0 fully saturated rings. The molecule has 4 heteroatoms. The van der Waals surface area contributed by atoms with Crippen molar-refractivity contribution in [3.63, 3.8) is 0 Å². The minimum Gasteiger partial charge on any atom is -0.354 e. The molecule has 1 aromatic heterocycles. The van der Waals surface area contributed by atoms with Crippen molar-refractivity contribution in [3.05, 3.63) is 22.8 Å². The van der Waals surface area contributed by atoms with Crippen LogP contribution in [0.2, 0.25) is 5.02 Å². The fourth-order valence-corrected chi connectivity index (χ4v) is 2.02. The van der Waals surface area contributed by atoms with Crippen LogP contribution in [0.15, 0.2) is 12.1 Å². The predicted molar refractivity (Wildman–Crippen MR) is 74.8 cm³/mol. The van der Waals surface area contributed by atoms with Gasteiger partial charge in [-0.25, -0.2) is 4.98 Å². The molecule has 1 unspecified atom stereocenters. The SMILES string of the molecule is CCC(C)N(CC)c1ccc(Cl)c(CNC)n1. The molecule has 1 N–H and O–H groups in total. The van der Waals surface area contributed by atoms with E-state index >= 15 is 0 Å². The summed E-state index contributed by atoms with van der Waals surface area (Å²) >= 11 is 6.12. The Labute approximate surface area is 109 Å². The van der Waals surface area contributed by atoms with Crippen molar-refractivity contribution < 1.29 is 0 Å². The summed E-state index contributed by atoms with van der Waals surface area (Å²) in [6, 6.07) is 4.43. The lowest BCUT2D eigenvalue weighted by molar-refractivity contribution is 0.621. The Morgan fingerprint density at radius 1 is 1.41 bits per heavy atom. The first-order chi connectivity index (χ1) is 8.13. The molecule has 1 aromatic rings. The summed E-state index contributed by atoms with van der Waals surface area (Å²) in [5.41, 5.74) is 0.911. The van der Waals surface area contributed by atoms with E-state index in [-0.39, 0.29) is 0 Å². The topological polar surface area (TPSA) is 28.2 Å². The van der Waals surface area contributed by atoms with Crippen LogP contribution in [0, 0.1) is 0 Å². The number of rotatable bonds is 6. The lowest BCUT2D eigenvalue weighted by Crippen LogP contribution is -2.33. The molecule has 0 spiro atoms. The number of halogens is 1. The number of nitrogens with zero attached hydrogens (tertiary/aromatic N) is 2. The molecule has 0 aliphatic carbocycles. The predicted octanol–water partition coefficient (Wildman–Crippen LogP) is 3.08. The second-order valence-electron chi connectivity index (χ2n) is 4.17. The van der Waals surface area contributed by atoms with E-state index < -0.39 is 0 Å². The average Bonchev–Trinajstić information content (AvgIpc) is 2.34. The van der Waals surface area contributed by atoms with Crippen LogP contribution in [0.1, 0.15) is 32.9 Å². The van der Waals surface area contributed by atoms with Crippen LogP contribution in [-0.2, 0) is 6.54 Å². The van der Waals surface area contributed by atoms with Crippen LogP contribution in [-0.4, -0.2) is 24.6 Å². The summed E-state index contributed by atoms with van der Waals surface area (Å²) in [6.45, 7) is 8.23. The summed E-state index contributed by atoms with van der Waals surface area (Å²) in [5, 5.41) is 3.81. The van der Waals surface area contributed by atoms with Gasteiger partial charge in [0.05, 0.1) is 10.7 Å². The molecule has 0 aliphatic heterocycles. The fourth-order valence-electron chi connectivity index (χ4n) is 1.84. The van der Waals surface area contributed by atoms with Gasteiger partial charge in [0.1, 0.15) is 5.82 Å². The molecule has 0 saturated carbocycles. The maximum atomic E-state index is 6.12. The Kier molecular flexibility index (Phi) is 5.72. The van der Waals surface area contributed by atoms with Gasteiger partial charge in [-0.1, -0.05) is 18.5 Å². The first kappa shape index (κ1) is 14.3. The highest BCUT2D eigenvalue weighted by atomic mass is 35.5. The summed E-state index contributed by atoms with van der Waals surface area (Å²) in [5.74, 6) is 1.01. The Morgan fingerprint density at radius 3 is 2.65 bits per heavy atom. The Bertz CT molecular complexity index is 355. The lowest BCUT2D eigenvalue weighted by atomic mass is 10.2. The third-order valence-corrected chi connectivity index (χ3v) is 3.35. The molecular formula is C13H22ClN3. The van der Waals surface area contributed by atoms with Crippen molar-refractivity contribution in [2.45, 2.75) is 39.8 Å². The Balaban J connectivity index is 2.99. The van der Waals surface area contributed by atoms with Crippen LogP contribution in [0.25, 0.3) is 0 Å². The van der Waals surface area contributed by atoms with Gasteiger partial charge >= 0.3 is 0 Å². The standard InChI is InChI=1S/C13H22ClN3/c1-5-10(3)17(6-2)13-8-7-11(14)12(16-13)9-15-4/h7-8,10,15H,5-6,9H2,1-4H3. The fraction of sp³-hybridized carbons (Fsp3) is 0.615. The molecule has 0 radical (unpaired) electrons. The van der Waals surface area contributed by atoms with Crippen molar-refractivity contribution >= 4 is 17.4 Å². The number of anilines is 1. The van der Waals surface area contributed by atoms with Crippen LogP contribution in [0.4, 0.5) is 5.82 Å². The van der Waals surface area contributed by atoms with Gasteiger partial charge in [-0.2, -0.15) is 0 Å². The van der Waals surface area contributed by atoms with E-state index in [2.05, 4.69) is 36.0 Å². The zero-order chi connectivity index (χ0) is 12.8. The molecule has 3 nitrogen and oxygen atoms in total. The van der Waals surface area contributed by atoms with E-state index in [4.69, 9.17) is 11.6 Å². The Hall–Kier alpha value is -0.800. The van der Waals surface area contributed by atoms with E-state index in [1.165, 1.54) is 0 Å². The number of hydrogen-bond acceptors (Lipinski definition) is 3. The molecule has 1 rings (SSSR count). The van der Waals surface area contributed by atoms with Crippen LogP contribution in [0.3, 0.4) is 0 Å². The van der Waals surface area contributed by atoms with Crippen LogP contribution in [0.5, 0.6) is 0 Å². The van der Waals surface area contributed by atoms with Gasteiger partial charge in [0.25, 0.3) is 0 Å². The average molecular weight is 256 g/mol. The zero-order valence-electron chi connectivity index (χ0n) is 11.1. The van der Waals surface area contributed by atoms with Crippen molar-refractivity contribution in [3.8, 4) is 0 Å². The van der Waals surface area contributed by atoms with E-state index in [9.17, 15) is 0 Å². The number of pyridine rings is 1. The normalized spacial score (nSPS) is 12.5. The summed E-state index contributed by atoms with van der Waals surface area (Å²) in [6.07, 6.45) is 1.11. The first-order valence-corrected chi connectivity index (χ1v) is 6.58. The third-order valence-electron chi connectivity index (χ3n) is 3.01. The highest BCUT2D eigenvalue weighted by Gasteiger charge is 2.13. The maximum Gasteiger partial charge on any atom is 0.129 e. The van der Waals surface area contributed by atoms with Crippen molar-refractivity contribution in [1.29, 1.82) is 0 Å². The minimum absolute atomic E-state index is 0.496. The van der Waals surface area contributed by atoms with E-state index in [0.717, 1.165) is 29.5 Å². The van der Waals surface area contributed by atoms with Gasteiger partial charge < -0.3 is 10.2 Å². The van der Waals surface area contributed by atoms with Gasteiger partial charge in [0.2, 0.25) is 0 Å². The molecule has 0 saturated heterocycles. The van der Waals surface area contributed by atoms with Crippen molar-refractivity contribution in [2.75, 3.05) is 18.5 Å². The third kappa shape index (κ3) is 3.58. The number of hydrogen-bond donors (Lipinski definition) is 1. The highest BCUT2D eigenvalue weighted by molar-refractivity contribution is 6.31. The second-order valence-corrected chi connectivity index (χ2v) is 4.58. The van der Waals surface area contributed by atoms with Gasteiger partial charge in [-0.15, -0.1) is 0 Å². The van der Waals surface area contributed by atoms with E-state index in [0.29, 0.717) is 12.6 Å². The maximum absolute atomic E-state index is 6.12. The first-order valence-electron chi connectivity index (χ1n) is 6.20. The van der Waals surface area contributed by atoms with Crippen LogP contribution >= 0.6 is 11.6 Å². The van der Waals surface area contributed by atoms with Gasteiger partial charge in [-0.05, 0) is 39.4 Å². The molecule has 0 aromatic carbocycles. The molecule has 1 atom stereocenters. The molecule has 0 bridgehead atoms. The summed E-state index contributed by atoms with van der Waals surface area (Å²) in [7, 11) is 1.90. The second kappa shape index (κ2) is 6.82. The molecule has 0 amide bonds. The number of aromatic nitrogens is 1. The largest absolute Gasteiger partial charge is 0.354 e. The zero-order valence-corrected chi connectivity index (χ0v) is 11.9. The smallest absolute Gasteiger partial charge is 0.129 e. The van der Waals surface area contributed by atoms with Gasteiger partial charge in [0.15, 0.2) is 0 Å². The van der Waals surface area contributed by atoms with Crippen molar-refractivity contribution in [1.82, 2.24) is 10.3 Å². The number of nitrogens with one attached hydrogen (secondary N) is 1. The van der Waals surface area contributed by atoms with Crippen molar-refractivity contribution in [2.24, 2.45) is 0 Å². The monoisotopic (exact) mass is 255 g/mol. The Morgan fingerprint density at radius 2 is 2.12 bits per heavy atom. The molecule has 96 valence electrons. The van der Waals surface area contributed by atoms with Gasteiger partial charge in [0, 0.05) is 19.1 Å². The molecule has 0 aliphatic rings. The van der Waals surface area contributed by atoms with Crippen LogP contribution < -0.4 is 10.2 Å². The quantitative estimate of drug-likeness (QED) is 0.847. The molecular weight excluding hydrogens is 234 g/mol. The van der Waals surface area contributed by atoms with E-state index in [1.54, 1.807) is 0 Å². The molecule has 17 heavy (non-hydrogen) atoms. The summed E-state index contributed by atoms with van der Waals surface area (Å²) in [4.78, 5) is 6.93. The van der Waals surface area contributed by atoms with Gasteiger partial charge in [-0.3, -0.25) is 0 Å². The lowest BCUT2D eigenvalue weighted by Gasteiger charge is -2.28. The van der Waals surface area contributed by atoms with E-state index in [1.807, 2.05) is 19.2 Å².